The van der Waals surface area contributed by atoms with E-state index in [2.05, 4.69) is 0 Å². The van der Waals surface area contributed by atoms with Crippen molar-refractivity contribution >= 4 is 5.97 Å². The summed E-state index contributed by atoms with van der Waals surface area (Å²) in [7, 11) is 0. The van der Waals surface area contributed by atoms with E-state index in [4.69, 9.17) is 9.47 Å². The summed E-state index contributed by atoms with van der Waals surface area (Å²) in [6, 6.07) is 0. The van der Waals surface area contributed by atoms with Gasteiger partial charge in [0, 0.05) is 5.57 Å². The Morgan fingerprint density at radius 3 is 2.25 bits per heavy atom. The predicted octanol–water partition coefficient (Wildman–Crippen LogP) is 1.28. The van der Waals surface area contributed by atoms with Crippen LogP contribution in [0.15, 0.2) is 11.1 Å². The minimum atomic E-state index is -0.219. The third kappa shape index (κ3) is 2.08. The summed E-state index contributed by atoms with van der Waals surface area (Å²) in [6.07, 6.45) is -0.0215. The van der Waals surface area contributed by atoms with Crippen molar-refractivity contribution in [3.05, 3.63) is 11.1 Å². The van der Waals surface area contributed by atoms with E-state index >= 15 is 0 Å². The van der Waals surface area contributed by atoms with Gasteiger partial charge in [0.1, 0.15) is 6.10 Å². The number of carbonyl (C=O) groups excluding carboxylic acids is 1. The second-order valence-corrected chi connectivity index (χ2v) is 3.19. The molecule has 0 radical (unpaired) electrons. The molecule has 3 nitrogen and oxygen atoms in total. The van der Waals surface area contributed by atoms with Gasteiger partial charge in [-0.1, -0.05) is 5.57 Å². The summed E-state index contributed by atoms with van der Waals surface area (Å²) < 4.78 is 9.97. The highest BCUT2D eigenvalue weighted by atomic mass is 16.6. The Bertz CT molecular complexity index is 210. The molecule has 68 valence electrons. The molecule has 1 heterocycles. The van der Waals surface area contributed by atoms with Crippen molar-refractivity contribution in [2.24, 2.45) is 0 Å². The third-order valence-electron chi connectivity index (χ3n) is 1.94. The van der Waals surface area contributed by atoms with Gasteiger partial charge in [0.05, 0.1) is 13.2 Å². The molecule has 1 saturated heterocycles. The van der Waals surface area contributed by atoms with Crippen LogP contribution in [0.3, 0.4) is 0 Å². The Labute approximate surface area is 72.4 Å². The fourth-order valence-electron chi connectivity index (χ4n) is 0.726. The first-order chi connectivity index (χ1) is 5.61. The highest BCUT2D eigenvalue weighted by Crippen LogP contribution is 2.10. The zero-order chi connectivity index (χ0) is 9.14. The monoisotopic (exact) mass is 170 g/mol. The maximum absolute atomic E-state index is 11.3. The SMILES string of the molecule is CC(C)=C(C)C(=O)OC1COC1. The van der Waals surface area contributed by atoms with Gasteiger partial charge in [-0.3, -0.25) is 0 Å². The van der Waals surface area contributed by atoms with E-state index in [0.29, 0.717) is 18.8 Å². The van der Waals surface area contributed by atoms with Crippen LogP contribution in [0.5, 0.6) is 0 Å². The molecule has 12 heavy (non-hydrogen) atoms. The standard InChI is InChI=1S/C9H14O3/c1-6(2)7(3)9(10)12-8-4-11-5-8/h8H,4-5H2,1-3H3. The van der Waals surface area contributed by atoms with Gasteiger partial charge in [0.15, 0.2) is 0 Å². The van der Waals surface area contributed by atoms with E-state index in [-0.39, 0.29) is 12.1 Å². The molecule has 0 saturated carbocycles. The highest BCUT2D eigenvalue weighted by Gasteiger charge is 2.23. The molecule has 0 unspecified atom stereocenters. The van der Waals surface area contributed by atoms with Crippen LogP contribution < -0.4 is 0 Å². The topological polar surface area (TPSA) is 35.5 Å². The van der Waals surface area contributed by atoms with Crippen LogP contribution in [0.1, 0.15) is 20.8 Å². The number of allylic oxidation sites excluding steroid dienone is 1. The quantitative estimate of drug-likeness (QED) is 0.462. The maximum Gasteiger partial charge on any atom is 0.334 e. The predicted molar refractivity (Wildman–Crippen MR) is 44.7 cm³/mol. The lowest BCUT2D eigenvalue weighted by molar-refractivity contribution is -0.167. The van der Waals surface area contributed by atoms with E-state index in [1.54, 1.807) is 6.92 Å². The number of hydrogen-bond donors (Lipinski definition) is 0. The summed E-state index contributed by atoms with van der Waals surface area (Å²) in [5.41, 5.74) is 1.70. The Balaban J connectivity index is 2.42. The average Bonchev–Trinajstić information content (AvgIpc) is 1.94. The minimum Gasteiger partial charge on any atom is -0.454 e. The number of ether oxygens (including phenoxy) is 2. The Morgan fingerprint density at radius 1 is 1.33 bits per heavy atom. The molecule has 0 atom stereocenters. The second kappa shape index (κ2) is 3.72. The average molecular weight is 170 g/mol. The normalized spacial score (nSPS) is 16.6. The fourth-order valence-corrected chi connectivity index (χ4v) is 0.726. The summed E-state index contributed by atoms with van der Waals surface area (Å²) in [5, 5.41) is 0. The van der Waals surface area contributed by atoms with Gasteiger partial charge in [0.25, 0.3) is 0 Å². The molecule has 0 aromatic heterocycles. The first kappa shape index (κ1) is 9.26. The fraction of sp³-hybridized carbons (Fsp3) is 0.667. The molecular weight excluding hydrogens is 156 g/mol. The molecule has 1 rings (SSSR count). The van der Waals surface area contributed by atoms with Crippen LogP contribution in [-0.4, -0.2) is 25.3 Å². The highest BCUT2D eigenvalue weighted by molar-refractivity contribution is 5.88. The Morgan fingerprint density at radius 2 is 1.92 bits per heavy atom. The van der Waals surface area contributed by atoms with E-state index < -0.39 is 0 Å². The lowest BCUT2D eigenvalue weighted by Gasteiger charge is -2.25. The van der Waals surface area contributed by atoms with Gasteiger partial charge in [-0.2, -0.15) is 0 Å². The van der Waals surface area contributed by atoms with Crippen LogP contribution in [-0.2, 0) is 14.3 Å². The number of rotatable bonds is 2. The molecular formula is C9H14O3. The molecule has 1 aliphatic rings. The number of esters is 1. The van der Waals surface area contributed by atoms with Crippen molar-refractivity contribution in [2.75, 3.05) is 13.2 Å². The molecule has 1 fully saturated rings. The summed E-state index contributed by atoms with van der Waals surface area (Å²) in [6.45, 7) is 6.66. The second-order valence-electron chi connectivity index (χ2n) is 3.19. The zero-order valence-corrected chi connectivity index (χ0v) is 7.72. The molecule has 3 heteroatoms. The van der Waals surface area contributed by atoms with E-state index in [1.165, 1.54) is 0 Å². The molecule has 0 aromatic rings. The van der Waals surface area contributed by atoms with Gasteiger partial charge >= 0.3 is 5.97 Å². The largest absolute Gasteiger partial charge is 0.454 e. The first-order valence-corrected chi connectivity index (χ1v) is 4.04. The molecule has 0 N–H and O–H groups in total. The molecule has 0 bridgehead atoms. The van der Waals surface area contributed by atoms with Crippen LogP contribution in [0.2, 0.25) is 0 Å². The lowest BCUT2D eigenvalue weighted by Crippen LogP contribution is -2.38. The van der Waals surface area contributed by atoms with Crippen molar-refractivity contribution in [3.63, 3.8) is 0 Å². The number of carbonyl (C=O) groups is 1. The summed E-state index contributed by atoms with van der Waals surface area (Å²) in [4.78, 5) is 11.3. The summed E-state index contributed by atoms with van der Waals surface area (Å²) in [5.74, 6) is -0.219. The van der Waals surface area contributed by atoms with Crippen LogP contribution >= 0.6 is 0 Å². The van der Waals surface area contributed by atoms with E-state index in [0.717, 1.165) is 5.57 Å². The Hall–Kier alpha value is -0.830. The van der Waals surface area contributed by atoms with Gasteiger partial charge in [-0.25, -0.2) is 4.79 Å². The van der Waals surface area contributed by atoms with E-state index in [1.807, 2.05) is 13.8 Å². The van der Waals surface area contributed by atoms with Crippen LogP contribution in [0.25, 0.3) is 0 Å². The smallest absolute Gasteiger partial charge is 0.334 e. The summed E-state index contributed by atoms with van der Waals surface area (Å²) >= 11 is 0. The van der Waals surface area contributed by atoms with Gasteiger partial charge < -0.3 is 9.47 Å². The van der Waals surface area contributed by atoms with Gasteiger partial charge in [-0.05, 0) is 20.8 Å². The minimum absolute atomic E-state index is 0.0215. The van der Waals surface area contributed by atoms with Crippen molar-refractivity contribution < 1.29 is 14.3 Å². The van der Waals surface area contributed by atoms with Gasteiger partial charge in [0.2, 0.25) is 0 Å². The van der Waals surface area contributed by atoms with Crippen molar-refractivity contribution in [1.82, 2.24) is 0 Å². The Kier molecular flexibility index (Phi) is 2.87. The van der Waals surface area contributed by atoms with Crippen LogP contribution in [0.4, 0.5) is 0 Å². The third-order valence-corrected chi connectivity index (χ3v) is 1.94. The van der Waals surface area contributed by atoms with Crippen molar-refractivity contribution in [2.45, 2.75) is 26.9 Å². The maximum atomic E-state index is 11.3. The van der Waals surface area contributed by atoms with Crippen molar-refractivity contribution in [1.29, 1.82) is 0 Å². The number of hydrogen-bond acceptors (Lipinski definition) is 3. The molecule has 1 aliphatic heterocycles. The van der Waals surface area contributed by atoms with Crippen molar-refractivity contribution in [3.8, 4) is 0 Å². The van der Waals surface area contributed by atoms with E-state index in [9.17, 15) is 4.79 Å². The lowest BCUT2D eigenvalue weighted by atomic mass is 10.2. The first-order valence-electron chi connectivity index (χ1n) is 4.04. The molecule has 0 aromatic carbocycles. The molecule has 0 spiro atoms. The molecule has 0 amide bonds. The van der Waals surface area contributed by atoms with Gasteiger partial charge in [-0.15, -0.1) is 0 Å². The molecule has 0 aliphatic carbocycles. The zero-order valence-electron chi connectivity index (χ0n) is 7.72. The van der Waals surface area contributed by atoms with Crippen LogP contribution in [0, 0.1) is 0 Å².